The van der Waals surface area contributed by atoms with Gasteiger partial charge in [-0.05, 0) is 48.2 Å². The molecule has 0 atom stereocenters. The van der Waals surface area contributed by atoms with Gasteiger partial charge in [0.2, 0.25) is 0 Å². The molecule has 0 spiro atoms. The Labute approximate surface area is 144 Å². The largest absolute Gasteiger partial charge is 0.295 e. The smallest absolute Gasteiger partial charge is 0.282 e. The van der Waals surface area contributed by atoms with Gasteiger partial charge < -0.3 is 0 Å². The number of hydrogen-bond donors (Lipinski definition) is 2. The van der Waals surface area contributed by atoms with Crippen molar-refractivity contribution >= 4 is 34.3 Å². The van der Waals surface area contributed by atoms with Crippen molar-refractivity contribution in [3.05, 3.63) is 58.7 Å². The lowest BCUT2D eigenvalue weighted by atomic mass is 10.1. The van der Waals surface area contributed by atoms with Gasteiger partial charge in [-0.15, -0.1) is 4.33 Å². The molecule has 0 aliphatic rings. The van der Waals surface area contributed by atoms with Crippen molar-refractivity contribution in [1.29, 1.82) is 0 Å². The Bertz CT molecular complexity index is 859. The summed E-state index contributed by atoms with van der Waals surface area (Å²) in [5.41, 5.74) is 2.79. The molecule has 0 heterocycles. The van der Waals surface area contributed by atoms with E-state index in [1.807, 2.05) is 25.1 Å². The first-order valence-corrected chi connectivity index (χ1v) is 9.01. The SMILES string of the molecule is Cc1ccc(/C=C/c2ccc(C)cc2S(=O)(=O)O)c(SOOO)c1. The maximum absolute atomic E-state index is 11.5. The van der Waals surface area contributed by atoms with Gasteiger partial charge in [0, 0.05) is 4.90 Å². The second-order valence-electron chi connectivity index (χ2n) is 5.12. The number of hydrogen-bond acceptors (Lipinski definition) is 6. The van der Waals surface area contributed by atoms with Crippen molar-refractivity contribution < 1.29 is 27.6 Å². The zero-order chi connectivity index (χ0) is 17.7. The molecule has 0 aliphatic heterocycles. The summed E-state index contributed by atoms with van der Waals surface area (Å²) in [6.45, 7) is 3.64. The monoisotopic (exact) mass is 368 g/mol. The Kier molecular flexibility index (Phi) is 6.16. The van der Waals surface area contributed by atoms with Gasteiger partial charge in [-0.25, -0.2) is 5.26 Å². The molecule has 0 bridgehead atoms. The summed E-state index contributed by atoms with van der Waals surface area (Å²) in [7, 11) is -4.33. The van der Waals surface area contributed by atoms with E-state index in [4.69, 9.17) is 5.26 Å². The van der Waals surface area contributed by atoms with Crippen LogP contribution in [0.3, 0.4) is 0 Å². The Morgan fingerprint density at radius 3 is 2.21 bits per heavy atom. The van der Waals surface area contributed by atoms with Crippen LogP contribution in [-0.2, 0) is 19.5 Å². The Morgan fingerprint density at radius 2 is 1.58 bits per heavy atom. The standard InChI is InChI=1S/C16H16O6S2/c1-11-3-5-13(15(9-11)23-22-21-17)7-8-14-6-4-12(2)10-16(14)24(18,19)20/h3-10,17H,1-2H3,(H,18,19,20)/b8-7+. The van der Waals surface area contributed by atoms with Crippen LogP contribution in [0.2, 0.25) is 0 Å². The van der Waals surface area contributed by atoms with Crippen LogP contribution in [-0.4, -0.2) is 18.2 Å². The van der Waals surface area contributed by atoms with Gasteiger partial charge in [-0.1, -0.05) is 41.5 Å². The van der Waals surface area contributed by atoms with Crippen molar-refractivity contribution in [2.24, 2.45) is 0 Å². The van der Waals surface area contributed by atoms with Crippen LogP contribution in [0.25, 0.3) is 12.2 Å². The Hall–Kier alpha value is -1.68. The molecule has 0 saturated carbocycles. The van der Waals surface area contributed by atoms with Crippen LogP contribution in [0, 0.1) is 13.8 Å². The van der Waals surface area contributed by atoms with E-state index in [0.717, 1.165) is 28.7 Å². The number of benzene rings is 2. The minimum Gasteiger partial charge on any atom is -0.282 e. The first-order valence-electron chi connectivity index (χ1n) is 6.83. The summed E-state index contributed by atoms with van der Waals surface area (Å²) in [5, 5.41) is 11.9. The van der Waals surface area contributed by atoms with E-state index in [0.29, 0.717) is 10.5 Å². The van der Waals surface area contributed by atoms with E-state index in [2.05, 4.69) is 9.37 Å². The molecule has 6 nitrogen and oxygen atoms in total. The highest BCUT2D eigenvalue weighted by atomic mass is 32.2. The summed E-state index contributed by atoms with van der Waals surface area (Å²) < 4.78 is 36.9. The van der Waals surface area contributed by atoms with Crippen LogP contribution in [0.5, 0.6) is 0 Å². The van der Waals surface area contributed by atoms with E-state index in [1.54, 1.807) is 31.2 Å². The average molecular weight is 368 g/mol. The molecule has 0 radical (unpaired) electrons. The highest BCUT2D eigenvalue weighted by Gasteiger charge is 2.14. The summed E-state index contributed by atoms with van der Waals surface area (Å²) in [6, 6.07) is 10.3. The molecule has 2 N–H and O–H groups in total. The molecule has 0 aromatic heterocycles. The lowest BCUT2D eigenvalue weighted by Gasteiger charge is -2.06. The zero-order valence-electron chi connectivity index (χ0n) is 13.0. The van der Waals surface area contributed by atoms with Crippen molar-refractivity contribution in [1.82, 2.24) is 0 Å². The summed E-state index contributed by atoms with van der Waals surface area (Å²) in [5.74, 6) is 0. The summed E-state index contributed by atoms with van der Waals surface area (Å²) in [4.78, 5) is 0.510. The number of rotatable bonds is 6. The molecule has 128 valence electrons. The van der Waals surface area contributed by atoms with E-state index >= 15 is 0 Å². The van der Waals surface area contributed by atoms with E-state index in [1.165, 1.54) is 6.07 Å². The molecule has 8 heteroatoms. The van der Waals surface area contributed by atoms with Crippen LogP contribution >= 0.6 is 12.0 Å². The second-order valence-corrected chi connectivity index (χ2v) is 7.25. The maximum atomic E-state index is 11.5. The highest BCUT2D eigenvalue weighted by Crippen LogP contribution is 2.27. The third-order valence-electron chi connectivity index (χ3n) is 3.21. The fourth-order valence-electron chi connectivity index (χ4n) is 2.09. The van der Waals surface area contributed by atoms with Gasteiger partial charge in [-0.3, -0.25) is 4.55 Å². The molecule has 2 rings (SSSR count). The molecule has 0 unspecified atom stereocenters. The van der Waals surface area contributed by atoms with Crippen LogP contribution < -0.4 is 0 Å². The molecule has 0 amide bonds. The van der Waals surface area contributed by atoms with E-state index in [-0.39, 0.29) is 4.90 Å². The quantitative estimate of drug-likeness (QED) is 0.260. The zero-order valence-corrected chi connectivity index (χ0v) is 14.6. The molecule has 0 fully saturated rings. The van der Waals surface area contributed by atoms with E-state index in [9.17, 15) is 13.0 Å². The third-order valence-corrected chi connectivity index (χ3v) is 4.78. The first-order chi connectivity index (χ1) is 11.3. The first kappa shape index (κ1) is 18.7. The van der Waals surface area contributed by atoms with Crippen molar-refractivity contribution in [2.45, 2.75) is 23.6 Å². The van der Waals surface area contributed by atoms with Crippen molar-refractivity contribution in [3.63, 3.8) is 0 Å². The molecule has 2 aromatic carbocycles. The molecular weight excluding hydrogens is 352 g/mol. The molecule has 2 aromatic rings. The Morgan fingerprint density at radius 1 is 1.00 bits per heavy atom. The van der Waals surface area contributed by atoms with Crippen molar-refractivity contribution in [2.75, 3.05) is 0 Å². The topological polar surface area (TPSA) is 93.1 Å². The fourth-order valence-corrected chi connectivity index (χ4v) is 3.42. The van der Waals surface area contributed by atoms with Crippen LogP contribution in [0.15, 0.2) is 46.2 Å². The summed E-state index contributed by atoms with van der Waals surface area (Å²) in [6.07, 6.45) is 3.26. The van der Waals surface area contributed by atoms with Gasteiger partial charge in [0.15, 0.2) is 0 Å². The lowest BCUT2D eigenvalue weighted by Crippen LogP contribution is -2.01. The third kappa shape index (κ3) is 4.91. The highest BCUT2D eigenvalue weighted by molar-refractivity contribution is 7.94. The van der Waals surface area contributed by atoms with Gasteiger partial charge in [0.05, 0.1) is 12.0 Å². The van der Waals surface area contributed by atoms with Gasteiger partial charge >= 0.3 is 0 Å². The van der Waals surface area contributed by atoms with Crippen LogP contribution in [0.1, 0.15) is 22.3 Å². The second kappa shape index (κ2) is 7.93. The molecule has 0 saturated heterocycles. The maximum Gasteiger partial charge on any atom is 0.295 e. The average Bonchev–Trinajstić information content (AvgIpc) is 2.52. The minimum atomic E-state index is -4.33. The fraction of sp³-hybridized carbons (Fsp3) is 0.125. The molecular formula is C16H16O6S2. The predicted octanol–water partition coefficient (Wildman–Crippen LogP) is 4.15. The molecule has 0 aliphatic carbocycles. The lowest BCUT2D eigenvalue weighted by molar-refractivity contribution is -0.432. The predicted molar refractivity (Wildman–Crippen MR) is 91.8 cm³/mol. The number of aryl methyl sites for hydroxylation is 2. The van der Waals surface area contributed by atoms with Crippen LogP contribution in [0.4, 0.5) is 0 Å². The minimum absolute atomic E-state index is 0.157. The van der Waals surface area contributed by atoms with E-state index < -0.39 is 10.1 Å². The molecule has 24 heavy (non-hydrogen) atoms. The van der Waals surface area contributed by atoms with Gasteiger partial charge in [0.1, 0.15) is 4.90 Å². The summed E-state index contributed by atoms with van der Waals surface area (Å²) >= 11 is 0.817. The van der Waals surface area contributed by atoms with Gasteiger partial charge in [0.25, 0.3) is 10.1 Å². The van der Waals surface area contributed by atoms with Crippen molar-refractivity contribution in [3.8, 4) is 0 Å². The normalized spacial score (nSPS) is 12.0. The van der Waals surface area contributed by atoms with Gasteiger partial charge in [-0.2, -0.15) is 8.42 Å². The Balaban J connectivity index is 2.42.